The Kier molecular flexibility index (Phi) is 2.49. The summed E-state index contributed by atoms with van der Waals surface area (Å²) in [5.41, 5.74) is 4.42. The molecule has 0 spiro atoms. The van der Waals surface area contributed by atoms with Gasteiger partial charge in [-0.05, 0) is 24.6 Å². The average Bonchev–Trinajstić information content (AvgIpc) is 2.77. The molecule has 0 aliphatic rings. The van der Waals surface area contributed by atoms with Crippen LogP contribution >= 0.6 is 0 Å². The van der Waals surface area contributed by atoms with Crippen LogP contribution in [0.1, 0.15) is 5.56 Å². The normalized spacial score (nSPS) is 10.7. The summed E-state index contributed by atoms with van der Waals surface area (Å²) in [5.74, 6) is 0.936. The first kappa shape index (κ1) is 10.8. The van der Waals surface area contributed by atoms with Gasteiger partial charge in [-0.2, -0.15) is 0 Å². The number of aryl methyl sites for hydroxylation is 1. The molecule has 2 heteroatoms. The molecule has 1 aromatic heterocycles. The molecule has 0 saturated heterocycles. The van der Waals surface area contributed by atoms with Crippen LogP contribution < -0.4 is 0 Å². The fourth-order valence-corrected chi connectivity index (χ4v) is 2.18. The van der Waals surface area contributed by atoms with Crippen molar-refractivity contribution >= 4 is 17.2 Å². The zero-order chi connectivity index (χ0) is 12.5. The molecule has 1 heterocycles. The van der Waals surface area contributed by atoms with Crippen LogP contribution in [0.4, 0.5) is 0 Å². The van der Waals surface area contributed by atoms with Crippen molar-refractivity contribution in [3.8, 4) is 11.4 Å². The maximum absolute atomic E-state index is 4.71. The first-order valence-corrected chi connectivity index (χ1v) is 5.96. The second-order valence-corrected chi connectivity index (χ2v) is 4.35. The Bertz CT molecular complexity index is 709. The molecule has 0 unspecified atom stereocenters. The van der Waals surface area contributed by atoms with Gasteiger partial charge in [-0.3, -0.25) is 4.57 Å². The van der Waals surface area contributed by atoms with E-state index in [0.717, 1.165) is 22.4 Å². The Labute approximate surface area is 106 Å². The van der Waals surface area contributed by atoms with Crippen molar-refractivity contribution in [2.45, 2.75) is 6.92 Å². The third-order valence-electron chi connectivity index (χ3n) is 3.06. The monoisotopic (exact) mass is 234 g/mol. The minimum atomic E-state index is 0.936. The Hall–Kier alpha value is -2.35. The highest BCUT2D eigenvalue weighted by atomic mass is 15.1. The molecule has 0 aliphatic carbocycles. The second kappa shape index (κ2) is 4.15. The summed E-state index contributed by atoms with van der Waals surface area (Å²) in [6.45, 7) is 5.96. The average molecular weight is 234 g/mol. The van der Waals surface area contributed by atoms with E-state index in [1.54, 1.807) is 0 Å². The third-order valence-corrected chi connectivity index (χ3v) is 3.06. The lowest BCUT2D eigenvalue weighted by molar-refractivity contribution is 1.18. The van der Waals surface area contributed by atoms with E-state index in [0.29, 0.717) is 0 Å². The molecule has 0 N–H and O–H groups in total. The van der Waals surface area contributed by atoms with Gasteiger partial charge in [-0.25, -0.2) is 4.98 Å². The van der Waals surface area contributed by atoms with Gasteiger partial charge in [-0.1, -0.05) is 43.0 Å². The van der Waals surface area contributed by atoms with Gasteiger partial charge in [0.2, 0.25) is 0 Å². The van der Waals surface area contributed by atoms with Crippen LogP contribution in [0.3, 0.4) is 0 Å². The molecule has 0 atom stereocenters. The van der Waals surface area contributed by atoms with E-state index >= 15 is 0 Å². The minimum absolute atomic E-state index is 0.936. The maximum Gasteiger partial charge on any atom is 0.145 e. The lowest BCUT2D eigenvalue weighted by atomic mass is 10.2. The highest BCUT2D eigenvalue weighted by Gasteiger charge is 2.10. The molecule has 88 valence electrons. The number of fused-ring (bicyclic) bond motifs is 1. The summed E-state index contributed by atoms with van der Waals surface area (Å²) in [5, 5.41) is 0. The van der Waals surface area contributed by atoms with Gasteiger partial charge in [0.15, 0.2) is 0 Å². The zero-order valence-corrected chi connectivity index (χ0v) is 10.3. The number of hydrogen-bond donors (Lipinski definition) is 0. The van der Waals surface area contributed by atoms with E-state index in [-0.39, 0.29) is 0 Å². The highest BCUT2D eigenvalue weighted by Crippen LogP contribution is 2.25. The quantitative estimate of drug-likeness (QED) is 0.652. The van der Waals surface area contributed by atoms with E-state index < -0.39 is 0 Å². The smallest absolute Gasteiger partial charge is 0.145 e. The summed E-state index contributed by atoms with van der Waals surface area (Å²) in [6, 6.07) is 16.5. The van der Waals surface area contributed by atoms with Crippen LogP contribution in [0.15, 0.2) is 55.1 Å². The standard InChI is InChI=1S/C16H14N2/c1-3-18-15-10-9-12(2)11-14(15)17-16(18)13-7-5-4-6-8-13/h3-11H,1H2,2H3. The van der Waals surface area contributed by atoms with Crippen LogP contribution in [0.5, 0.6) is 0 Å². The Morgan fingerprint density at radius 1 is 1.11 bits per heavy atom. The Morgan fingerprint density at radius 2 is 1.89 bits per heavy atom. The first-order chi connectivity index (χ1) is 8.79. The minimum Gasteiger partial charge on any atom is -0.300 e. The molecule has 2 aromatic carbocycles. The molecule has 0 saturated carbocycles. The Balaban J connectivity index is 2.33. The number of hydrogen-bond acceptors (Lipinski definition) is 1. The van der Waals surface area contributed by atoms with Gasteiger partial charge in [0, 0.05) is 11.8 Å². The van der Waals surface area contributed by atoms with Gasteiger partial charge in [0.1, 0.15) is 5.82 Å². The largest absolute Gasteiger partial charge is 0.300 e. The molecule has 2 nitrogen and oxygen atoms in total. The molecule has 0 aliphatic heterocycles. The van der Waals surface area contributed by atoms with Crippen LogP contribution in [-0.2, 0) is 0 Å². The summed E-state index contributed by atoms with van der Waals surface area (Å²) >= 11 is 0. The van der Waals surface area contributed by atoms with Crippen LogP contribution in [-0.4, -0.2) is 9.55 Å². The molecule has 18 heavy (non-hydrogen) atoms. The highest BCUT2D eigenvalue weighted by molar-refractivity contribution is 5.83. The predicted octanol–water partition coefficient (Wildman–Crippen LogP) is 4.11. The van der Waals surface area contributed by atoms with E-state index in [2.05, 4.69) is 43.8 Å². The van der Waals surface area contributed by atoms with E-state index in [1.807, 2.05) is 29.0 Å². The maximum atomic E-state index is 4.71. The van der Waals surface area contributed by atoms with Crippen molar-refractivity contribution in [1.29, 1.82) is 0 Å². The van der Waals surface area contributed by atoms with Crippen molar-refractivity contribution in [3.05, 3.63) is 60.7 Å². The molecular formula is C16H14N2. The molecule has 0 radical (unpaired) electrons. The SMILES string of the molecule is C=Cn1c(-c2ccccc2)nc2cc(C)ccc21. The fraction of sp³-hybridized carbons (Fsp3) is 0.0625. The van der Waals surface area contributed by atoms with Crippen LogP contribution in [0, 0.1) is 6.92 Å². The van der Waals surface area contributed by atoms with Gasteiger partial charge in [-0.15, -0.1) is 0 Å². The molecular weight excluding hydrogens is 220 g/mol. The van der Waals surface area contributed by atoms with E-state index in [9.17, 15) is 0 Å². The van der Waals surface area contributed by atoms with Crippen molar-refractivity contribution in [2.24, 2.45) is 0 Å². The number of imidazole rings is 1. The van der Waals surface area contributed by atoms with Crippen molar-refractivity contribution in [3.63, 3.8) is 0 Å². The van der Waals surface area contributed by atoms with Gasteiger partial charge < -0.3 is 0 Å². The second-order valence-electron chi connectivity index (χ2n) is 4.35. The lowest BCUT2D eigenvalue weighted by Gasteiger charge is -2.02. The number of benzene rings is 2. The third kappa shape index (κ3) is 1.63. The lowest BCUT2D eigenvalue weighted by Crippen LogP contribution is -1.90. The fourth-order valence-electron chi connectivity index (χ4n) is 2.18. The summed E-state index contributed by atoms with van der Waals surface area (Å²) < 4.78 is 2.03. The zero-order valence-electron chi connectivity index (χ0n) is 10.3. The van der Waals surface area contributed by atoms with Crippen molar-refractivity contribution in [1.82, 2.24) is 9.55 Å². The molecule has 3 aromatic rings. The van der Waals surface area contributed by atoms with Crippen LogP contribution in [0.2, 0.25) is 0 Å². The number of nitrogens with zero attached hydrogens (tertiary/aromatic N) is 2. The topological polar surface area (TPSA) is 17.8 Å². The summed E-state index contributed by atoms with van der Waals surface area (Å²) in [4.78, 5) is 4.71. The molecule has 3 rings (SSSR count). The van der Waals surface area contributed by atoms with Gasteiger partial charge in [0.05, 0.1) is 11.0 Å². The summed E-state index contributed by atoms with van der Waals surface area (Å²) in [6.07, 6.45) is 1.81. The van der Waals surface area contributed by atoms with E-state index in [4.69, 9.17) is 4.98 Å². The molecule has 0 bridgehead atoms. The summed E-state index contributed by atoms with van der Waals surface area (Å²) in [7, 11) is 0. The van der Waals surface area contributed by atoms with E-state index in [1.165, 1.54) is 5.56 Å². The Morgan fingerprint density at radius 3 is 2.61 bits per heavy atom. The van der Waals surface area contributed by atoms with Crippen molar-refractivity contribution < 1.29 is 0 Å². The molecule has 0 fully saturated rings. The predicted molar refractivity (Wildman–Crippen MR) is 76.3 cm³/mol. The number of rotatable bonds is 2. The first-order valence-electron chi connectivity index (χ1n) is 5.96. The van der Waals surface area contributed by atoms with Crippen LogP contribution in [0.25, 0.3) is 28.6 Å². The van der Waals surface area contributed by atoms with Crippen molar-refractivity contribution in [2.75, 3.05) is 0 Å². The number of aromatic nitrogens is 2. The van der Waals surface area contributed by atoms with Gasteiger partial charge >= 0.3 is 0 Å². The van der Waals surface area contributed by atoms with Gasteiger partial charge in [0.25, 0.3) is 0 Å². The molecule has 0 amide bonds.